The number of aromatic nitrogens is 3. The SMILES string of the molecule is O=c1ccc(-c2ccc(F)cc2)nn1Cc1cccc2cccnc12. The highest BCUT2D eigenvalue weighted by molar-refractivity contribution is 5.81. The number of para-hydroxylation sites is 1. The van der Waals surface area contributed by atoms with Gasteiger partial charge in [-0.2, -0.15) is 5.10 Å². The maximum Gasteiger partial charge on any atom is 0.267 e. The van der Waals surface area contributed by atoms with Gasteiger partial charge in [-0.15, -0.1) is 0 Å². The average Bonchev–Trinajstić information content (AvgIpc) is 2.64. The molecule has 25 heavy (non-hydrogen) atoms. The van der Waals surface area contributed by atoms with Crippen LogP contribution in [0.15, 0.2) is 77.7 Å². The molecule has 2 aromatic heterocycles. The highest BCUT2D eigenvalue weighted by atomic mass is 19.1. The number of hydrogen-bond acceptors (Lipinski definition) is 3. The summed E-state index contributed by atoms with van der Waals surface area (Å²) in [4.78, 5) is 16.6. The molecule has 0 saturated carbocycles. The zero-order valence-corrected chi connectivity index (χ0v) is 13.3. The van der Waals surface area contributed by atoms with E-state index in [-0.39, 0.29) is 11.4 Å². The number of pyridine rings is 1. The first kappa shape index (κ1) is 15.2. The van der Waals surface area contributed by atoms with Gasteiger partial charge >= 0.3 is 0 Å². The third kappa shape index (κ3) is 3.04. The molecule has 0 N–H and O–H groups in total. The second kappa shape index (κ2) is 6.28. The topological polar surface area (TPSA) is 47.8 Å². The van der Waals surface area contributed by atoms with Crippen molar-refractivity contribution in [1.29, 1.82) is 0 Å². The molecule has 4 aromatic rings. The highest BCUT2D eigenvalue weighted by Crippen LogP contribution is 2.18. The fraction of sp³-hybridized carbons (Fsp3) is 0.0500. The summed E-state index contributed by atoms with van der Waals surface area (Å²) >= 11 is 0. The standard InChI is InChI=1S/C20H14FN3O/c21-17-8-6-14(7-9-17)18-10-11-19(25)24(23-18)13-16-4-1-3-15-5-2-12-22-20(15)16/h1-12H,13H2. The van der Waals surface area contributed by atoms with Crippen molar-refractivity contribution in [2.75, 3.05) is 0 Å². The van der Waals surface area contributed by atoms with Gasteiger partial charge in [-0.25, -0.2) is 9.07 Å². The predicted molar refractivity (Wildman–Crippen MR) is 94.7 cm³/mol. The van der Waals surface area contributed by atoms with Crippen LogP contribution in [-0.4, -0.2) is 14.8 Å². The number of fused-ring (bicyclic) bond motifs is 1. The van der Waals surface area contributed by atoms with Gasteiger partial charge in [0.2, 0.25) is 0 Å². The molecule has 2 aromatic carbocycles. The van der Waals surface area contributed by atoms with E-state index in [2.05, 4.69) is 10.1 Å². The van der Waals surface area contributed by atoms with Crippen LogP contribution in [0.5, 0.6) is 0 Å². The lowest BCUT2D eigenvalue weighted by Crippen LogP contribution is -2.23. The molecule has 5 heteroatoms. The van der Waals surface area contributed by atoms with Crippen molar-refractivity contribution >= 4 is 10.9 Å². The lowest BCUT2D eigenvalue weighted by Gasteiger charge is -2.09. The van der Waals surface area contributed by atoms with Gasteiger partial charge in [0.05, 0.1) is 17.8 Å². The highest BCUT2D eigenvalue weighted by Gasteiger charge is 2.07. The van der Waals surface area contributed by atoms with Crippen molar-refractivity contribution < 1.29 is 4.39 Å². The van der Waals surface area contributed by atoms with Gasteiger partial charge < -0.3 is 0 Å². The van der Waals surface area contributed by atoms with Crippen molar-refractivity contribution in [2.24, 2.45) is 0 Å². The van der Waals surface area contributed by atoms with E-state index < -0.39 is 0 Å². The molecule has 0 aliphatic rings. The molecular formula is C20H14FN3O. The van der Waals surface area contributed by atoms with Crippen LogP contribution in [0, 0.1) is 5.82 Å². The van der Waals surface area contributed by atoms with Crippen LogP contribution in [-0.2, 0) is 6.54 Å². The van der Waals surface area contributed by atoms with Crippen molar-refractivity contribution in [1.82, 2.24) is 14.8 Å². The minimum absolute atomic E-state index is 0.196. The molecule has 0 amide bonds. The molecular weight excluding hydrogens is 317 g/mol. The van der Waals surface area contributed by atoms with E-state index in [1.165, 1.54) is 22.9 Å². The molecule has 0 fully saturated rings. The summed E-state index contributed by atoms with van der Waals surface area (Å²) < 4.78 is 14.5. The van der Waals surface area contributed by atoms with E-state index in [1.807, 2.05) is 30.3 Å². The van der Waals surface area contributed by atoms with Crippen molar-refractivity contribution in [3.05, 3.63) is 94.7 Å². The lowest BCUT2D eigenvalue weighted by molar-refractivity contribution is 0.627. The van der Waals surface area contributed by atoms with Gasteiger partial charge in [0, 0.05) is 23.2 Å². The summed E-state index contributed by atoms with van der Waals surface area (Å²) in [5, 5.41) is 5.44. The Kier molecular flexibility index (Phi) is 3.82. The summed E-state index contributed by atoms with van der Waals surface area (Å²) in [7, 11) is 0. The number of hydrogen-bond donors (Lipinski definition) is 0. The summed E-state index contributed by atoms with van der Waals surface area (Å²) in [5.74, 6) is -0.307. The van der Waals surface area contributed by atoms with E-state index in [1.54, 1.807) is 24.4 Å². The molecule has 4 nitrogen and oxygen atoms in total. The Morgan fingerprint density at radius 2 is 1.72 bits per heavy atom. The Labute approximate surface area is 143 Å². The maximum atomic E-state index is 13.1. The Morgan fingerprint density at radius 1 is 0.920 bits per heavy atom. The van der Waals surface area contributed by atoms with Crippen molar-refractivity contribution in [3.63, 3.8) is 0 Å². The first-order chi connectivity index (χ1) is 12.2. The average molecular weight is 331 g/mol. The van der Waals surface area contributed by atoms with Crippen molar-refractivity contribution in [2.45, 2.75) is 6.54 Å². The zero-order valence-electron chi connectivity index (χ0n) is 13.3. The summed E-state index contributed by atoms with van der Waals surface area (Å²) in [6, 6.07) is 18.9. The molecule has 0 atom stereocenters. The maximum absolute atomic E-state index is 13.1. The summed E-state index contributed by atoms with van der Waals surface area (Å²) in [5.41, 5.74) is 2.95. The lowest BCUT2D eigenvalue weighted by atomic mass is 10.1. The summed E-state index contributed by atoms with van der Waals surface area (Å²) in [6.45, 7) is 0.322. The molecule has 0 bridgehead atoms. The Bertz CT molecular complexity index is 1100. The normalized spacial score (nSPS) is 10.9. The van der Waals surface area contributed by atoms with E-state index in [9.17, 15) is 9.18 Å². The molecule has 0 radical (unpaired) electrons. The number of halogens is 1. The molecule has 122 valence electrons. The van der Waals surface area contributed by atoms with Gasteiger partial charge in [-0.3, -0.25) is 9.78 Å². The van der Waals surface area contributed by atoms with E-state index in [0.29, 0.717) is 12.2 Å². The van der Waals surface area contributed by atoms with E-state index in [4.69, 9.17) is 0 Å². The van der Waals surface area contributed by atoms with Gasteiger partial charge in [0.1, 0.15) is 5.82 Å². The molecule has 0 saturated heterocycles. The molecule has 4 rings (SSSR count). The second-order valence-electron chi connectivity index (χ2n) is 5.71. The quantitative estimate of drug-likeness (QED) is 0.576. The molecule has 0 spiro atoms. The van der Waals surface area contributed by atoms with Crippen LogP contribution < -0.4 is 5.56 Å². The molecule has 0 aliphatic carbocycles. The first-order valence-corrected chi connectivity index (χ1v) is 7.87. The Balaban J connectivity index is 1.76. The molecule has 0 aliphatic heterocycles. The second-order valence-corrected chi connectivity index (χ2v) is 5.71. The molecule has 2 heterocycles. The minimum Gasteiger partial charge on any atom is -0.268 e. The van der Waals surface area contributed by atoms with Gasteiger partial charge in [0.25, 0.3) is 5.56 Å². The Hall–Kier alpha value is -3.34. The van der Waals surface area contributed by atoms with Crippen molar-refractivity contribution in [3.8, 4) is 11.3 Å². The Morgan fingerprint density at radius 3 is 2.56 bits per heavy atom. The minimum atomic E-state index is -0.307. The summed E-state index contributed by atoms with van der Waals surface area (Å²) in [6.07, 6.45) is 1.73. The third-order valence-corrected chi connectivity index (χ3v) is 4.04. The van der Waals surface area contributed by atoms with Crippen LogP contribution >= 0.6 is 0 Å². The first-order valence-electron chi connectivity index (χ1n) is 7.87. The molecule has 0 unspecified atom stereocenters. The van der Waals surface area contributed by atoms with Crippen LogP contribution in [0.1, 0.15) is 5.56 Å². The fourth-order valence-corrected chi connectivity index (χ4v) is 2.79. The van der Waals surface area contributed by atoms with Crippen LogP contribution in [0.2, 0.25) is 0 Å². The predicted octanol–water partition coefficient (Wildman–Crippen LogP) is 3.65. The fourth-order valence-electron chi connectivity index (χ4n) is 2.79. The number of nitrogens with zero attached hydrogens (tertiary/aromatic N) is 3. The zero-order chi connectivity index (χ0) is 17.2. The van der Waals surface area contributed by atoms with Crippen LogP contribution in [0.25, 0.3) is 22.2 Å². The number of rotatable bonds is 3. The van der Waals surface area contributed by atoms with Crippen LogP contribution in [0.4, 0.5) is 4.39 Å². The monoisotopic (exact) mass is 331 g/mol. The van der Waals surface area contributed by atoms with E-state index >= 15 is 0 Å². The smallest absolute Gasteiger partial charge is 0.267 e. The largest absolute Gasteiger partial charge is 0.268 e. The number of benzene rings is 2. The van der Waals surface area contributed by atoms with Gasteiger partial charge in [-0.05, 0) is 42.0 Å². The van der Waals surface area contributed by atoms with E-state index in [0.717, 1.165) is 22.0 Å². The van der Waals surface area contributed by atoms with Gasteiger partial charge in [0.15, 0.2) is 0 Å². The van der Waals surface area contributed by atoms with Gasteiger partial charge in [-0.1, -0.05) is 24.3 Å². The van der Waals surface area contributed by atoms with Crippen LogP contribution in [0.3, 0.4) is 0 Å². The third-order valence-electron chi connectivity index (χ3n) is 4.04.